The average Bonchev–Trinajstić information content (AvgIpc) is 3.44. The van der Waals surface area contributed by atoms with Crippen molar-refractivity contribution < 1.29 is 28.2 Å². The van der Waals surface area contributed by atoms with Crippen molar-refractivity contribution in [1.82, 2.24) is 29.6 Å². The molecule has 1 aromatic carbocycles. The van der Waals surface area contributed by atoms with Gasteiger partial charge in [-0.05, 0) is 50.2 Å². The van der Waals surface area contributed by atoms with Crippen LogP contribution in [-0.4, -0.2) is 69.8 Å². The van der Waals surface area contributed by atoms with Gasteiger partial charge >= 0.3 is 12.6 Å². The Hall–Kier alpha value is -3.42. The lowest BCUT2D eigenvalue weighted by molar-refractivity contribution is -0.0497. The first-order valence-corrected chi connectivity index (χ1v) is 16.7. The molecule has 5 rings (SSSR count). The Bertz CT molecular complexity index is 1490. The number of rotatable bonds is 10. The fourth-order valence-electron chi connectivity index (χ4n) is 4.78. The second-order valence-electron chi connectivity index (χ2n) is 10.9. The monoisotopic (exact) mass is 558 g/mol. The molecule has 1 aliphatic heterocycles. The Kier molecular flexibility index (Phi) is 7.65. The molecule has 13 heteroatoms. The molecule has 1 fully saturated rings. The number of carboxylic acids is 1. The van der Waals surface area contributed by atoms with E-state index in [9.17, 15) is 18.7 Å². The lowest BCUT2D eigenvalue weighted by Crippen LogP contribution is -2.29. The smallest absolute Gasteiger partial charge is 0.387 e. The van der Waals surface area contributed by atoms with Crippen LogP contribution in [-0.2, 0) is 11.5 Å². The molecule has 1 aliphatic rings. The van der Waals surface area contributed by atoms with Crippen molar-refractivity contribution in [2.45, 2.75) is 57.9 Å². The quantitative estimate of drug-likeness (QED) is 0.207. The van der Waals surface area contributed by atoms with E-state index in [0.717, 1.165) is 37.5 Å². The topological polar surface area (TPSA) is 116 Å². The molecule has 208 valence electrons. The molecule has 0 unspecified atom stereocenters. The first-order chi connectivity index (χ1) is 18.6. The largest absolute Gasteiger partial charge is 0.478 e. The zero-order chi connectivity index (χ0) is 27.7. The fraction of sp³-hybridized carbons (Fsp3) is 0.462. The lowest BCUT2D eigenvalue weighted by Gasteiger charge is -2.23. The molecule has 0 spiro atoms. The number of benzene rings is 1. The maximum Gasteiger partial charge on any atom is 0.387 e. The number of nitrogens with one attached hydrogen (secondary N) is 1. The number of aromatic carboxylic acids is 1. The van der Waals surface area contributed by atoms with Gasteiger partial charge in [0.2, 0.25) is 0 Å². The number of carboxylic acid groups (broad SMARTS) is 1. The number of piperidine rings is 1. The number of aromatic nitrogens is 5. The molecular formula is C26H32F2N6O4Si. The van der Waals surface area contributed by atoms with Gasteiger partial charge < -0.3 is 24.5 Å². The van der Waals surface area contributed by atoms with Crippen LogP contribution < -0.4 is 10.1 Å². The van der Waals surface area contributed by atoms with Crippen LogP contribution in [0.4, 0.5) is 8.78 Å². The highest BCUT2D eigenvalue weighted by molar-refractivity contribution is 6.76. The Morgan fingerprint density at radius 2 is 2.03 bits per heavy atom. The molecule has 0 atom stereocenters. The Morgan fingerprint density at radius 3 is 2.72 bits per heavy atom. The van der Waals surface area contributed by atoms with Gasteiger partial charge in [0.05, 0.1) is 17.8 Å². The summed E-state index contributed by atoms with van der Waals surface area (Å²) in [4.78, 5) is 21.3. The number of hydrogen-bond acceptors (Lipinski definition) is 7. The average molecular weight is 559 g/mol. The minimum absolute atomic E-state index is 0.00281. The maximum atomic E-state index is 13.0. The third kappa shape index (κ3) is 5.94. The van der Waals surface area contributed by atoms with Gasteiger partial charge in [0.15, 0.2) is 5.65 Å². The van der Waals surface area contributed by atoms with Crippen molar-refractivity contribution in [3.8, 4) is 17.1 Å². The van der Waals surface area contributed by atoms with Crippen LogP contribution in [0.25, 0.3) is 33.5 Å². The predicted molar refractivity (Wildman–Crippen MR) is 145 cm³/mol. The van der Waals surface area contributed by atoms with E-state index in [2.05, 4.69) is 39.7 Å². The minimum Gasteiger partial charge on any atom is -0.478 e. The highest BCUT2D eigenvalue weighted by Crippen LogP contribution is 2.34. The number of fused-ring (bicyclic) bond motifs is 2. The van der Waals surface area contributed by atoms with Gasteiger partial charge in [-0.2, -0.15) is 13.9 Å². The zero-order valence-corrected chi connectivity index (χ0v) is 23.2. The van der Waals surface area contributed by atoms with Crippen LogP contribution in [0.15, 0.2) is 30.6 Å². The summed E-state index contributed by atoms with van der Waals surface area (Å²) < 4.78 is 40.0. The van der Waals surface area contributed by atoms with E-state index in [1.165, 1.54) is 24.5 Å². The lowest BCUT2D eigenvalue weighted by atomic mass is 10.1. The summed E-state index contributed by atoms with van der Waals surface area (Å²) in [5, 5.41) is 18.6. The summed E-state index contributed by atoms with van der Waals surface area (Å²) in [6, 6.07) is 5.83. The molecule has 0 bridgehead atoms. The van der Waals surface area contributed by atoms with Crippen molar-refractivity contribution in [3.63, 3.8) is 0 Å². The van der Waals surface area contributed by atoms with E-state index in [1.54, 1.807) is 10.6 Å². The van der Waals surface area contributed by atoms with E-state index >= 15 is 0 Å². The van der Waals surface area contributed by atoms with Crippen LogP contribution in [0, 0.1) is 0 Å². The molecule has 4 aromatic rings. The summed E-state index contributed by atoms with van der Waals surface area (Å²) >= 11 is 0. The molecular weight excluding hydrogens is 526 g/mol. The Morgan fingerprint density at radius 1 is 1.26 bits per heavy atom. The Balaban J connectivity index is 1.56. The van der Waals surface area contributed by atoms with Gasteiger partial charge in [0.25, 0.3) is 0 Å². The molecule has 0 saturated carbocycles. The predicted octanol–water partition coefficient (Wildman–Crippen LogP) is 4.98. The second-order valence-corrected chi connectivity index (χ2v) is 16.5. The molecule has 0 radical (unpaired) electrons. The normalized spacial score (nSPS) is 15.0. The van der Waals surface area contributed by atoms with Gasteiger partial charge in [0, 0.05) is 26.3 Å². The standard InChI is InChI=1S/C26H32F2N6O4Si/c1-39(2,3)11-10-37-15-33-14-19(25(35)36)23-24(33)30-13-20(31-23)22-18-12-17(38-26(27)28)4-5-21(18)34(32-22)16-6-8-29-9-7-16/h4-5,12-14,16,26,29H,6-11,15H2,1-3H3,(H,35,36). The summed E-state index contributed by atoms with van der Waals surface area (Å²) in [6.07, 6.45) is 4.73. The van der Waals surface area contributed by atoms with E-state index in [4.69, 9.17) is 9.84 Å². The van der Waals surface area contributed by atoms with Crippen molar-refractivity contribution in [3.05, 3.63) is 36.2 Å². The fourth-order valence-corrected chi connectivity index (χ4v) is 5.53. The highest BCUT2D eigenvalue weighted by atomic mass is 28.3. The molecule has 0 aliphatic carbocycles. The second kappa shape index (κ2) is 11.0. The number of ether oxygens (including phenoxy) is 2. The van der Waals surface area contributed by atoms with Crippen LogP contribution in [0.2, 0.25) is 25.7 Å². The molecule has 0 amide bonds. The van der Waals surface area contributed by atoms with Crippen molar-refractivity contribution in [2.75, 3.05) is 19.7 Å². The molecule has 3 aromatic heterocycles. The molecule has 4 heterocycles. The SMILES string of the molecule is C[Si](C)(C)CCOCn1cc(C(=O)O)c2nc(-c3nn(C4CCNCC4)c4ccc(OC(F)F)cc34)cnc21. The number of alkyl halides is 2. The van der Waals surface area contributed by atoms with Gasteiger partial charge in [-0.15, -0.1) is 0 Å². The minimum atomic E-state index is -2.97. The first-order valence-electron chi connectivity index (χ1n) is 13.0. The zero-order valence-electron chi connectivity index (χ0n) is 22.2. The summed E-state index contributed by atoms with van der Waals surface area (Å²) in [7, 11) is -1.27. The number of halogens is 2. The first kappa shape index (κ1) is 27.2. The van der Waals surface area contributed by atoms with Gasteiger partial charge in [-0.1, -0.05) is 19.6 Å². The van der Waals surface area contributed by atoms with Crippen molar-refractivity contribution in [1.29, 1.82) is 0 Å². The molecule has 2 N–H and O–H groups in total. The Labute approximate surface area is 225 Å². The number of hydrogen-bond donors (Lipinski definition) is 2. The summed E-state index contributed by atoms with van der Waals surface area (Å²) in [5.74, 6) is -1.13. The van der Waals surface area contributed by atoms with E-state index < -0.39 is 20.7 Å². The van der Waals surface area contributed by atoms with Gasteiger partial charge in [0.1, 0.15) is 34.9 Å². The van der Waals surface area contributed by atoms with Gasteiger partial charge in [-0.3, -0.25) is 4.68 Å². The van der Waals surface area contributed by atoms with E-state index in [0.29, 0.717) is 29.0 Å². The molecule has 39 heavy (non-hydrogen) atoms. The van der Waals surface area contributed by atoms with Crippen LogP contribution in [0.3, 0.4) is 0 Å². The molecule has 10 nitrogen and oxygen atoms in total. The van der Waals surface area contributed by atoms with E-state index in [1.807, 2.05) is 4.68 Å². The maximum absolute atomic E-state index is 13.0. The van der Waals surface area contributed by atoms with Crippen LogP contribution in [0.5, 0.6) is 5.75 Å². The highest BCUT2D eigenvalue weighted by Gasteiger charge is 2.24. The van der Waals surface area contributed by atoms with E-state index in [-0.39, 0.29) is 29.6 Å². The summed E-state index contributed by atoms with van der Waals surface area (Å²) in [5.41, 5.74) is 2.11. The summed E-state index contributed by atoms with van der Waals surface area (Å²) in [6.45, 7) is 6.23. The van der Waals surface area contributed by atoms with Gasteiger partial charge in [-0.25, -0.2) is 14.8 Å². The third-order valence-corrected chi connectivity index (χ3v) is 8.53. The van der Waals surface area contributed by atoms with Crippen molar-refractivity contribution in [2.24, 2.45) is 0 Å². The van der Waals surface area contributed by atoms with Crippen LogP contribution >= 0.6 is 0 Å². The number of carbonyl (C=O) groups is 1. The third-order valence-electron chi connectivity index (χ3n) is 6.82. The number of nitrogens with zero attached hydrogens (tertiary/aromatic N) is 5. The van der Waals surface area contributed by atoms with Crippen LogP contribution in [0.1, 0.15) is 29.2 Å². The molecule has 1 saturated heterocycles. The van der Waals surface area contributed by atoms with Crippen molar-refractivity contribution >= 4 is 36.1 Å².